The summed E-state index contributed by atoms with van der Waals surface area (Å²) >= 11 is 0. The van der Waals surface area contributed by atoms with E-state index in [0.29, 0.717) is 11.0 Å². The third kappa shape index (κ3) is 2.27. The number of para-hydroxylation sites is 2. The van der Waals surface area contributed by atoms with Crippen molar-refractivity contribution in [2.24, 2.45) is 11.3 Å². The van der Waals surface area contributed by atoms with Crippen molar-refractivity contribution in [1.29, 1.82) is 0 Å². The van der Waals surface area contributed by atoms with Crippen LogP contribution in [0.5, 0.6) is 0 Å². The summed E-state index contributed by atoms with van der Waals surface area (Å²) in [6.07, 6.45) is 7.75. The second kappa shape index (κ2) is 6.10. The molecule has 0 spiro atoms. The number of non-ortho nitro benzene ring substituents is 1. The SMILES string of the molecule is O=C(n1c2ccccc2n2c(=O)c3ccc([N+](=O)[O-])cc3nc12)C12C=CCC1CCC2. The van der Waals surface area contributed by atoms with Crippen LogP contribution in [0.1, 0.15) is 30.5 Å². The van der Waals surface area contributed by atoms with Crippen LogP contribution in [-0.4, -0.2) is 24.8 Å². The van der Waals surface area contributed by atoms with Gasteiger partial charge in [0.1, 0.15) is 0 Å². The molecule has 1 fully saturated rings. The number of imidazole rings is 1. The van der Waals surface area contributed by atoms with Gasteiger partial charge in [-0.05, 0) is 43.4 Å². The molecule has 0 radical (unpaired) electrons. The number of hydrogen-bond donors (Lipinski definition) is 0. The Kier molecular flexibility index (Phi) is 3.54. The van der Waals surface area contributed by atoms with Crippen molar-refractivity contribution in [3.05, 3.63) is 75.1 Å². The number of rotatable bonds is 2. The van der Waals surface area contributed by atoms with Crippen LogP contribution in [0, 0.1) is 21.4 Å². The summed E-state index contributed by atoms with van der Waals surface area (Å²) in [5, 5.41) is 11.5. The maximum absolute atomic E-state index is 14.0. The first kappa shape index (κ1) is 18.0. The average Bonchev–Trinajstić information content (AvgIpc) is 3.44. The molecule has 2 aromatic carbocycles. The molecule has 0 bridgehead atoms. The number of nitro benzene ring substituents is 1. The van der Waals surface area contributed by atoms with E-state index in [2.05, 4.69) is 11.1 Å². The molecule has 6 rings (SSSR count). The Bertz CT molecular complexity index is 1530. The van der Waals surface area contributed by atoms with Crippen LogP contribution in [-0.2, 0) is 0 Å². The molecular weight excluding hydrogens is 396 g/mol. The van der Waals surface area contributed by atoms with Crippen LogP contribution in [0.15, 0.2) is 59.4 Å². The van der Waals surface area contributed by atoms with Crippen LogP contribution >= 0.6 is 0 Å². The summed E-state index contributed by atoms with van der Waals surface area (Å²) in [5.74, 6) is 0.373. The van der Waals surface area contributed by atoms with Crippen LogP contribution in [0.4, 0.5) is 5.69 Å². The van der Waals surface area contributed by atoms with E-state index in [1.165, 1.54) is 22.6 Å². The van der Waals surface area contributed by atoms with Gasteiger partial charge in [-0.2, -0.15) is 0 Å². The van der Waals surface area contributed by atoms with Gasteiger partial charge in [-0.15, -0.1) is 0 Å². The zero-order valence-electron chi connectivity index (χ0n) is 16.5. The van der Waals surface area contributed by atoms with Crippen molar-refractivity contribution in [1.82, 2.24) is 14.0 Å². The van der Waals surface area contributed by atoms with Crippen LogP contribution in [0.2, 0.25) is 0 Å². The summed E-state index contributed by atoms with van der Waals surface area (Å²) in [6.45, 7) is 0. The fourth-order valence-electron chi connectivity index (χ4n) is 5.45. The highest BCUT2D eigenvalue weighted by atomic mass is 16.6. The average molecular weight is 414 g/mol. The number of fused-ring (bicyclic) bond motifs is 5. The lowest BCUT2D eigenvalue weighted by molar-refractivity contribution is -0.384. The largest absolute Gasteiger partial charge is 0.273 e. The Balaban J connectivity index is 1.73. The molecule has 0 aliphatic heterocycles. The van der Waals surface area contributed by atoms with Crippen molar-refractivity contribution >= 4 is 39.3 Å². The van der Waals surface area contributed by atoms with Crippen LogP contribution < -0.4 is 5.56 Å². The van der Waals surface area contributed by atoms with Gasteiger partial charge in [-0.3, -0.25) is 19.7 Å². The van der Waals surface area contributed by atoms with E-state index < -0.39 is 10.3 Å². The lowest BCUT2D eigenvalue weighted by Crippen LogP contribution is -2.35. The highest BCUT2D eigenvalue weighted by Gasteiger charge is 2.50. The fraction of sp³-hybridized carbons (Fsp3) is 0.261. The number of hydrogen-bond acceptors (Lipinski definition) is 5. The number of aromatic nitrogens is 3. The van der Waals surface area contributed by atoms with E-state index in [0.717, 1.165) is 25.7 Å². The number of carbonyl (C=O) groups is 1. The monoisotopic (exact) mass is 414 g/mol. The number of carbonyl (C=O) groups excluding carboxylic acids is 1. The molecular formula is C23H18N4O4. The fourth-order valence-corrected chi connectivity index (χ4v) is 5.45. The number of nitro groups is 1. The van der Waals surface area contributed by atoms with E-state index >= 15 is 0 Å². The summed E-state index contributed by atoms with van der Waals surface area (Å²) < 4.78 is 2.99. The highest BCUT2D eigenvalue weighted by molar-refractivity contribution is 6.00. The first-order chi connectivity index (χ1) is 15.0. The zero-order chi connectivity index (χ0) is 21.3. The predicted molar refractivity (Wildman–Crippen MR) is 115 cm³/mol. The minimum atomic E-state index is -0.586. The van der Waals surface area contributed by atoms with E-state index in [1.54, 1.807) is 10.6 Å². The maximum Gasteiger partial charge on any atom is 0.271 e. The van der Waals surface area contributed by atoms with Crippen LogP contribution in [0.25, 0.3) is 27.7 Å². The molecule has 4 aromatic rings. The lowest BCUT2D eigenvalue weighted by Gasteiger charge is -2.27. The molecule has 8 heteroatoms. The molecule has 2 atom stereocenters. The molecule has 2 aliphatic carbocycles. The Morgan fingerprint density at radius 2 is 2.00 bits per heavy atom. The minimum Gasteiger partial charge on any atom is -0.273 e. The van der Waals surface area contributed by atoms with Gasteiger partial charge < -0.3 is 0 Å². The highest BCUT2D eigenvalue weighted by Crippen LogP contribution is 2.51. The maximum atomic E-state index is 14.0. The zero-order valence-corrected chi connectivity index (χ0v) is 16.5. The van der Waals surface area contributed by atoms with Gasteiger partial charge in [-0.25, -0.2) is 14.0 Å². The smallest absolute Gasteiger partial charge is 0.271 e. The van der Waals surface area contributed by atoms with E-state index in [1.807, 2.05) is 24.3 Å². The molecule has 1 saturated carbocycles. The van der Waals surface area contributed by atoms with Gasteiger partial charge in [0, 0.05) is 12.1 Å². The molecule has 2 unspecified atom stereocenters. The first-order valence-corrected chi connectivity index (χ1v) is 10.3. The van der Waals surface area contributed by atoms with Gasteiger partial charge in [-0.1, -0.05) is 30.7 Å². The standard InChI is InChI=1S/C23H18N4O4/c28-20-16-10-9-15(27(30)31)13-17(16)24-22-25(20)18-7-1-2-8-19(18)26(22)21(29)23-11-3-5-14(23)6-4-12-23/h1-3,7-11,13-14H,4-6,12H2. The summed E-state index contributed by atoms with van der Waals surface area (Å²) in [4.78, 5) is 42.7. The minimum absolute atomic E-state index is 0.0841. The lowest BCUT2D eigenvalue weighted by atomic mass is 9.80. The molecule has 0 amide bonds. The van der Waals surface area contributed by atoms with Gasteiger partial charge in [0.15, 0.2) is 0 Å². The molecule has 154 valence electrons. The van der Waals surface area contributed by atoms with Gasteiger partial charge in [0.25, 0.3) is 11.2 Å². The van der Waals surface area contributed by atoms with Crippen molar-refractivity contribution in [2.45, 2.75) is 25.7 Å². The quantitative estimate of drug-likeness (QED) is 0.279. The molecule has 0 saturated heterocycles. The predicted octanol–water partition coefficient (Wildman–Crippen LogP) is 4.10. The van der Waals surface area contributed by atoms with Crippen LogP contribution in [0.3, 0.4) is 0 Å². The summed E-state index contributed by atoms with van der Waals surface area (Å²) in [7, 11) is 0. The third-order valence-electron chi connectivity index (χ3n) is 6.92. The van der Waals surface area contributed by atoms with Crippen molar-refractivity contribution < 1.29 is 9.72 Å². The Morgan fingerprint density at radius 3 is 2.81 bits per heavy atom. The van der Waals surface area contributed by atoms with E-state index in [-0.39, 0.29) is 39.8 Å². The van der Waals surface area contributed by atoms with E-state index in [4.69, 9.17) is 0 Å². The number of nitrogens with zero attached hydrogens (tertiary/aromatic N) is 4. The van der Waals surface area contributed by atoms with Crippen molar-refractivity contribution in [3.63, 3.8) is 0 Å². The van der Waals surface area contributed by atoms with Gasteiger partial charge in [0.2, 0.25) is 11.7 Å². The normalized spacial score (nSPS) is 22.5. The number of benzene rings is 2. The molecule has 8 nitrogen and oxygen atoms in total. The summed E-state index contributed by atoms with van der Waals surface area (Å²) in [6, 6.07) is 11.3. The first-order valence-electron chi connectivity index (χ1n) is 10.3. The molecule has 0 N–H and O–H groups in total. The topological polar surface area (TPSA) is 99.5 Å². The van der Waals surface area contributed by atoms with Gasteiger partial charge >= 0.3 is 0 Å². The van der Waals surface area contributed by atoms with Crippen molar-refractivity contribution in [2.75, 3.05) is 0 Å². The second-order valence-corrected chi connectivity index (χ2v) is 8.41. The van der Waals surface area contributed by atoms with Gasteiger partial charge in [0.05, 0.1) is 32.3 Å². The molecule has 31 heavy (non-hydrogen) atoms. The Morgan fingerprint density at radius 1 is 1.19 bits per heavy atom. The number of allylic oxidation sites excluding steroid dienone is 2. The summed E-state index contributed by atoms with van der Waals surface area (Å²) in [5.41, 5.74) is 0.334. The Labute approximate surface area is 175 Å². The third-order valence-corrected chi connectivity index (χ3v) is 6.92. The van der Waals surface area contributed by atoms with E-state index in [9.17, 15) is 19.7 Å². The second-order valence-electron chi connectivity index (χ2n) is 8.41. The molecule has 2 aromatic heterocycles. The molecule has 2 aliphatic rings. The Hall–Kier alpha value is -3.81. The molecule has 2 heterocycles. The van der Waals surface area contributed by atoms with Crippen molar-refractivity contribution in [3.8, 4) is 0 Å².